The molecule has 2 N–H and O–H groups in total. The number of guanidine groups is 1. The van der Waals surface area contributed by atoms with E-state index in [-0.39, 0.29) is 35.2 Å². The fraction of sp³-hybridized carbons (Fsp3) is 0.632. The lowest BCUT2D eigenvalue weighted by Crippen LogP contribution is -2.44. The summed E-state index contributed by atoms with van der Waals surface area (Å²) < 4.78 is 14.1. The molecule has 1 aliphatic carbocycles. The van der Waals surface area contributed by atoms with Crippen molar-refractivity contribution in [3.05, 3.63) is 35.6 Å². The highest BCUT2D eigenvalue weighted by molar-refractivity contribution is 14.0. The Labute approximate surface area is 167 Å². The molecule has 6 heteroatoms. The predicted octanol–water partition coefficient (Wildman–Crippen LogP) is 3.12. The van der Waals surface area contributed by atoms with E-state index in [1.165, 1.54) is 19.4 Å². The summed E-state index contributed by atoms with van der Waals surface area (Å²) in [5, 5.41) is 6.78. The van der Waals surface area contributed by atoms with Crippen molar-refractivity contribution in [3.8, 4) is 0 Å². The van der Waals surface area contributed by atoms with Gasteiger partial charge in [0.15, 0.2) is 5.96 Å². The normalized spacial score (nSPS) is 22.4. The lowest BCUT2D eigenvalue weighted by Gasteiger charge is -2.22. The number of aliphatic imine (C=N–C) groups is 1. The molecule has 1 aliphatic heterocycles. The van der Waals surface area contributed by atoms with Gasteiger partial charge >= 0.3 is 0 Å². The molecule has 1 heterocycles. The van der Waals surface area contributed by atoms with Crippen LogP contribution in [-0.4, -0.2) is 50.1 Å². The van der Waals surface area contributed by atoms with E-state index in [2.05, 4.69) is 29.5 Å². The van der Waals surface area contributed by atoms with Gasteiger partial charge in [0.25, 0.3) is 0 Å². The first-order valence-corrected chi connectivity index (χ1v) is 9.12. The fourth-order valence-electron chi connectivity index (χ4n) is 3.58. The highest BCUT2D eigenvalue weighted by Gasteiger charge is 2.45. The van der Waals surface area contributed by atoms with E-state index in [0.29, 0.717) is 12.6 Å². The Kier molecular flexibility index (Phi) is 7.49. The zero-order valence-electron chi connectivity index (χ0n) is 15.2. The number of nitrogens with one attached hydrogen (secondary N) is 2. The summed E-state index contributed by atoms with van der Waals surface area (Å²) in [5.74, 6) is 0.746. The molecule has 1 saturated carbocycles. The lowest BCUT2D eigenvalue weighted by atomic mass is 9.95. The van der Waals surface area contributed by atoms with Gasteiger partial charge in [0.05, 0.1) is 6.54 Å². The van der Waals surface area contributed by atoms with E-state index < -0.39 is 0 Å². The van der Waals surface area contributed by atoms with Crippen LogP contribution in [0.15, 0.2) is 29.3 Å². The van der Waals surface area contributed by atoms with Gasteiger partial charge in [0.1, 0.15) is 5.82 Å². The van der Waals surface area contributed by atoms with Crippen LogP contribution in [0.25, 0.3) is 0 Å². The Balaban J connectivity index is 0.00000225. The summed E-state index contributed by atoms with van der Waals surface area (Å²) in [4.78, 5) is 7.16. The van der Waals surface area contributed by atoms with Gasteiger partial charge < -0.3 is 15.5 Å². The second kappa shape index (κ2) is 9.16. The molecule has 0 spiro atoms. The van der Waals surface area contributed by atoms with Crippen LogP contribution in [0.4, 0.5) is 4.39 Å². The molecule has 140 valence electrons. The summed E-state index contributed by atoms with van der Waals surface area (Å²) in [6.07, 6.45) is 4.54. The van der Waals surface area contributed by atoms with Crippen molar-refractivity contribution in [1.82, 2.24) is 15.5 Å². The van der Waals surface area contributed by atoms with Crippen LogP contribution >= 0.6 is 24.0 Å². The Morgan fingerprint density at radius 1 is 1.32 bits per heavy atom. The van der Waals surface area contributed by atoms with E-state index in [9.17, 15) is 4.39 Å². The maximum absolute atomic E-state index is 14.1. The second-order valence-electron chi connectivity index (χ2n) is 7.11. The molecule has 1 aromatic rings. The first-order chi connectivity index (χ1) is 11.6. The maximum atomic E-state index is 14.1. The first kappa shape index (κ1) is 20.4. The quantitative estimate of drug-likeness (QED) is 0.390. The molecule has 0 amide bonds. The van der Waals surface area contributed by atoms with E-state index >= 15 is 0 Å². The molecule has 2 fully saturated rings. The summed E-state index contributed by atoms with van der Waals surface area (Å²) >= 11 is 0. The lowest BCUT2D eigenvalue weighted by molar-refractivity contribution is 0.309. The van der Waals surface area contributed by atoms with Crippen LogP contribution in [0.1, 0.15) is 38.2 Å². The molecule has 25 heavy (non-hydrogen) atoms. The molecule has 0 bridgehead atoms. The Hall–Kier alpha value is -0.890. The number of benzene rings is 1. The van der Waals surface area contributed by atoms with Gasteiger partial charge in [-0.1, -0.05) is 18.2 Å². The van der Waals surface area contributed by atoms with Gasteiger partial charge in [-0.2, -0.15) is 0 Å². The fourth-order valence-corrected chi connectivity index (χ4v) is 3.58. The van der Waals surface area contributed by atoms with Crippen molar-refractivity contribution in [2.24, 2.45) is 4.99 Å². The molecule has 1 saturated heterocycles. The van der Waals surface area contributed by atoms with Gasteiger partial charge in [0, 0.05) is 24.5 Å². The zero-order valence-corrected chi connectivity index (χ0v) is 17.6. The molecule has 1 unspecified atom stereocenters. The second-order valence-corrected chi connectivity index (χ2v) is 7.11. The Morgan fingerprint density at radius 3 is 2.68 bits per heavy atom. The average molecular weight is 460 g/mol. The molecule has 0 aromatic heterocycles. The molecular weight excluding hydrogens is 430 g/mol. The number of halogens is 2. The minimum atomic E-state index is -0.101. The van der Waals surface area contributed by atoms with Gasteiger partial charge in [-0.3, -0.25) is 4.99 Å². The number of rotatable bonds is 6. The van der Waals surface area contributed by atoms with Crippen molar-refractivity contribution in [2.75, 3.05) is 33.2 Å². The molecule has 4 nitrogen and oxygen atoms in total. The molecule has 1 aromatic carbocycles. The van der Waals surface area contributed by atoms with Crippen molar-refractivity contribution in [2.45, 2.75) is 44.1 Å². The first-order valence-electron chi connectivity index (χ1n) is 9.12. The van der Waals surface area contributed by atoms with Gasteiger partial charge in [-0.05, 0) is 57.8 Å². The predicted molar refractivity (Wildman–Crippen MR) is 112 cm³/mol. The number of nitrogens with zero attached hydrogens (tertiary/aromatic N) is 2. The zero-order chi connectivity index (χ0) is 17.0. The van der Waals surface area contributed by atoms with Crippen molar-refractivity contribution < 1.29 is 4.39 Å². The highest BCUT2D eigenvalue weighted by atomic mass is 127. The van der Waals surface area contributed by atoms with Crippen LogP contribution in [0.3, 0.4) is 0 Å². The third-order valence-corrected chi connectivity index (χ3v) is 5.36. The Morgan fingerprint density at radius 2 is 2.08 bits per heavy atom. The van der Waals surface area contributed by atoms with Crippen LogP contribution < -0.4 is 10.6 Å². The average Bonchev–Trinajstić information content (AvgIpc) is 3.26. The molecule has 0 radical (unpaired) electrons. The monoisotopic (exact) mass is 460 g/mol. The van der Waals surface area contributed by atoms with Crippen LogP contribution in [-0.2, 0) is 5.41 Å². The molecule has 3 rings (SSSR count). The molecule has 1 atom stereocenters. The topological polar surface area (TPSA) is 39.7 Å². The Bertz CT molecular complexity index is 589. The number of likely N-dealkylation sites (tertiary alicyclic amines) is 1. The van der Waals surface area contributed by atoms with E-state index in [1.807, 2.05) is 12.1 Å². The minimum Gasteiger partial charge on any atom is -0.357 e. The summed E-state index contributed by atoms with van der Waals surface area (Å²) in [5.41, 5.74) is 0.720. The summed E-state index contributed by atoms with van der Waals surface area (Å²) in [7, 11) is 2.18. The number of hydrogen-bond donors (Lipinski definition) is 2. The molecular formula is C19H30FIN4. The molecule has 2 aliphatic rings. The third-order valence-electron chi connectivity index (χ3n) is 5.36. The standard InChI is InChI=1S/C19H29FN4.HI/c1-3-21-18(22-13-15-7-6-12-24(15)2)23-14-19(10-11-19)16-8-4-5-9-17(16)20;/h4-5,8-9,15H,3,6-7,10-14H2,1-2H3,(H2,21,22,23);1H. The third kappa shape index (κ3) is 5.06. The van der Waals surface area contributed by atoms with E-state index in [1.54, 1.807) is 12.1 Å². The minimum absolute atomic E-state index is 0. The number of likely N-dealkylation sites (N-methyl/N-ethyl adjacent to an activating group) is 1. The van der Waals surface area contributed by atoms with Gasteiger partial charge in [-0.15, -0.1) is 24.0 Å². The maximum Gasteiger partial charge on any atom is 0.191 e. The van der Waals surface area contributed by atoms with Crippen molar-refractivity contribution >= 4 is 29.9 Å². The van der Waals surface area contributed by atoms with Gasteiger partial charge in [-0.25, -0.2) is 4.39 Å². The summed E-state index contributed by atoms with van der Waals surface area (Å²) in [6.45, 7) is 5.64. The van der Waals surface area contributed by atoms with Crippen molar-refractivity contribution in [1.29, 1.82) is 0 Å². The number of hydrogen-bond acceptors (Lipinski definition) is 2. The van der Waals surface area contributed by atoms with Crippen LogP contribution in [0, 0.1) is 5.82 Å². The summed E-state index contributed by atoms with van der Waals surface area (Å²) in [6, 6.07) is 7.71. The highest BCUT2D eigenvalue weighted by Crippen LogP contribution is 2.49. The smallest absolute Gasteiger partial charge is 0.191 e. The largest absolute Gasteiger partial charge is 0.357 e. The van der Waals surface area contributed by atoms with E-state index in [0.717, 1.165) is 37.5 Å². The van der Waals surface area contributed by atoms with Crippen LogP contribution in [0.5, 0.6) is 0 Å². The SMILES string of the molecule is CCNC(=NCC1(c2ccccc2F)CC1)NCC1CCCN1C.I. The van der Waals surface area contributed by atoms with Gasteiger partial charge in [0.2, 0.25) is 0 Å². The van der Waals surface area contributed by atoms with E-state index in [4.69, 9.17) is 4.99 Å². The van der Waals surface area contributed by atoms with Crippen LogP contribution in [0.2, 0.25) is 0 Å². The van der Waals surface area contributed by atoms with Crippen molar-refractivity contribution in [3.63, 3.8) is 0 Å².